The number of esters is 1. The van der Waals surface area contributed by atoms with Gasteiger partial charge < -0.3 is 15.2 Å². The van der Waals surface area contributed by atoms with Gasteiger partial charge in [-0.3, -0.25) is 14.4 Å². The van der Waals surface area contributed by atoms with Crippen LogP contribution in [0.1, 0.15) is 40.0 Å². The summed E-state index contributed by atoms with van der Waals surface area (Å²) in [5.41, 5.74) is 0. The van der Waals surface area contributed by atoms with Crippen LogP contribution in [0.4, 0.5) is 0 Å². The van der Waals surface area contributed by atoms with E-state index < -0.39 is 5.97 Å². The zero-order valence-corrected chi connectivity index (χ0v) is 11.1. The van der Waals surface area contributed by atoms with Crippen LogP contribution in [0.25, 0.3) is 0 Å². The number of hydrogen-bond acceptors (Lipinski definition) is 4. The Morgan fingerprint density at radius 1 is 1.22 bits per heavy atom. The van der Waals surface area contributed by atoms with Crippen LogP contribution in [0.5, 0.6) is 0 Å². The van der Waals surface area contributed by atoms with Gasteiger partial charge in [0.05, 0.1) is 18.9 Å². The normalized spacial score (nSPS) is 13.5. The van der Waals surface area contributed by atoms with Gasteiger partial charge in [0, 0.05) is 12.5 Å². The molecule has 0 aliphatic heterocycles. The molecular formula is C12H21NO5. The topological polar surface area (TPSA) is 92.7 Å². The third-order valence-electron chi connectivity index (χ3n) is 2.37. The van der Waals surface area contributed by atoms with Crippen molar-refractivity contribution in [1.29, 1.82) is 0 Å². The molecule has 0 aliphatic rings. The average Bonchev–Trinajstić information content (AvgIpc) is 2.26. The van der Waals surface area contributed by atoms with E-state index in [1.165, 1.54) is 0 Å². The second kappa shape index (κ2) is 8.49. The number of carboxylic acids is 1. The molecule has 0 radical (unpaired) electrons. The van der Waals surface area contributed by atoms with Crippen molar-refractivity contribution in [2.45, 2.75) is 46.1 Å². The zero-order valence-electron chi connectivity index (χ0n) is 11.1. The van der Waals surface area contributed by atoms with Crippen LogP contribution in [0, 0.1) is 5.92 Å². The lowest BCUT2D eigenvalue weighted by atomic mass is 10.0. The summed E-state index contributed by atoms with van der Waals surface area (Å²) in [4.78, 5) is 33.0. The van der Waals surface area contributed by atoms with Crippen LogP contribution >= 0.6 is 0 Å². The Kier molecular flexibility index (Phi) is 7.74. The lowest BCUT2D eigenvalue weighted by molar-refractivity contribution is -0.148. The minimum absolute atomic E-state index is 0.0482. The molecular weight excluding hydrogens is 238 g/mol. The Morgan fingerprint density at radius 3 is 2.33 bits per heavy atom. The predicted molar refractivity (Wildman–Crippen MR) is 64.9 cm³/mol. The first-order valence-corrected chi connectivity index (χ1v) is 6.04. The molecule has 104 valence electrons. The van der Waals surface area contributed by atoms with Gasteiger partial charge in [0.15, 0.2) is 0 Å². The fourth-order valence-corrected chi connectivity index (χ4v) is 1.54. The fourth-order valence-electron chi connectivity index (χ4n) is 1.54. The molecule has 1 amide bonds. The van der Waals surface area contributed by atoms with Crippen LogP contribution < -0.4 is 5.32 Å². The van der Waals surface area contributed by atoms with Crippen molar-refractivity contribution in [2.24, 2.45) is 5.92 Å². The van der Waals surface area contributed by atoms with Gasteiger partial charge in [0.1, 0.15) is 0 Å². The maximum atomic E-state index is 11.4. The number of ether oxygens (including phenoxy) is 1. The molecule has 6 heteroatoms. The number of carboxylic acid groups (broad SMARTS) is 1. The number of hydrogen-bond donors (Lipinski definition) is 2. The lowest BCUT2D eigenvalue weighted by Crippen LogP contribution is -2.35. The molecule has 0 saturated heterocycles. The van der Waals surface area contributed by atoms with Crippen LogP contribution in [0.3, 0.4) is 0 Å². The molecule has 0 spiro atoms. The number of rotatable bonds is 8. The molecule has 0 aromatic rings. The minimum Gasteiger partial charge on any atom is -0.481 e. The van der Waals surface area contributed by atoms with Gasteiger partial charge in [-0.25, -0.2) is 0 Å². The Bertz CT molecular complexity index is 303. The molecule has 0 saturated carbocycles. The summed E-state index contributed by atoms with van der Waals surface area (Å²) >= 11 is 0. The highest BCUT2D eigenvalue weighted by Crippen LogP contribution is 2.08. The Balaban J connectivity index is 3.95. The molecule has 0 fully saturated rings. The molecule has 2 N–H and O–H groups in total. The zero-order chi connectivity index (χ0) is 14.1. The van der Waals surface area contributed by atoms with Crippen molar-refractivity contribution in [1.82, 2.24) is 5.32 Å². The number of carbonyl (C=O) groups excluding carboxylic acids is 2. The van der Waals surface area contributed by atoms with E-state index in [1.54, 1.807) is 20.8 Å². The SMILES string of the molecule is CCOC(=O)C(C)CC(C)NC(=O)CCC(=O)O. The van der Waals surface area contributed by atoms with E-state index in [9.17, 15) is 14.4 Å². The average molecular weight is 259 g/mol. The standard InChI is InChI=1S/C12H21NO5/c1-4-18-12(17)8(2)7-9(3)13-10(14)5-6-11(15)16/h8-9H,4-7H2,1-3H3,(H,13,14)(H,15,16). The van der Waals surface area contributed by atoms with E-state index in [2.05, 4.69) is 5.32 Å². The highest BCUT2D eigenvalue weighted by atomic mass is 16.5. The Hall–Kier alpha value is -1.59. The third-order valence-corrected chi connectivity index (χ3v) is 2.37. The second-order valence-corrected chi connectivity index (χ2v) is 4.25. The maximum absolute atomic E-state index is 11.4. The molecule has 6 nitrogen and oxygen atoms in total. The van der Waals surface area contributed by atoms with Crippen molar-refractivity contribution in [3.05, 3.63) is 0 Å². The van der Waals surface area contributed by atoms with E-state index in [0.717, 1.165) is 0 Å². The molecule has 0 bridgehead atoms. The molecule has 18 heavy (non-hydrogen) atoms. The molecule has 0 aromatic carbocycles. The number of carbonyl (C=O) groups is 3. The minimum atomic E-state index is -1.00. The number of amides is 1. The van der Waals surface area contributed by atoms with Crippen LogP contribution in [-0.2, 0) is 19.1 Å². The summed E-state index contributed by atoms with van der Waals surface area (Å²) in [7, 11) is 0. The lowest BCUT2D eigenvalue weighted by Gasteiger charge is -2.17. The summed E-state index contributed by atoms with van der Waals surface area (Å²) in [6.07, 6.45) is 0.233. The summed E-state index contributed by atoms with van der Waals surface area (Å²) in [5.74, 6) is -1.90. The summed E-state index contributed by atoms with van der Waals surface area (Å²) in [5, 5.41) is 11.1. The van der Waals surface area contributed by atoms with E-state index in [1.807, 2.05) is 0 Å². The van der Waals surface area contributed by atoms with Crippen LogP contribution in [0.2, 0.25) is 0 Å². The highest BCUT2D eigenvalue weighted by Gasteiger charge is 2.18. The molecule has 0 rings (SSSR count). The van der Waals surface area contributed by atoms with Crippen molar-refractivity contribution in [3.63, 3.8) is 0 Å². The predicted octanol–water partition coefficient (Wildman–Crippen LogP) is 0.945. The van der Waals surface area contributed by atoms with Crippen molar-refractivity contribution in [3.8, 4) is 0 Å². The summed E-state index contributed by atoms with van der Waals surface area (Å²) in [6, 6.07) is -0.189. The van der Waals surface area contributed by atoms with Gasteiger partial charge in [-0.15, -0.1) is 0 Å². The van der Waals surface area contributed by atoms with E-state index in [4.69, 9.17) is 9.84 Å². The Morgan fingerprint density at radius 2 is 1.83 bits per heavy atom. The molecule has 2 unspecified atom stereocenters. The molecule has 0 heterocycles. The molecule has 0 aromatic heterocycles. The van der Waals surface area contributed by atoms with Crippen molar-refractivity contribution in [2.75, 3.05) is 6.61 Å². The number of nitrogens with one attached hydrogen (secondary N) is 1. The van der Waals surface area contributed by atoms with Gasteiger partial charge in [-0.05, 0) is 20.3 Å². The molecule has 2 atom stereocenters. The maximum Gasteiger partial charge on any atom is 0.308 e. The first kappa shape index (κ1) is 16.4. The van der Waals surface area contributed by atoms with Crippen LogP contribution in [0.15, 0.2) is 0 Å². The highest BCUT2D eigenvalue weighted by molar-refractivity contribution is 5.80. The second-order valence-electron chi connectivity index (χ2n) is 4.25. The van der Waals surface area contributed by atoms with Gasteiger partial charge >= 0.3 is 11.9 Å². The monoisotopic (exact) mass is 259 g/mol. The van der Waals surface area contributed by atoms with Gasteiger partial charge in [0.2, 0.25) is 5.91 Å². The van der Waals surface area contributed by atoms with Crippen molar-refractivity contribution < 1.29 is 24.2 Å². The van der Waals surface area contributed by atoms with E-state index in [-0.39, 0.29) is 36.7 Å². The van der Waals surface area contributed by atoms with Gasteiger partial charge in [-0.1, -0.05) is 6.92 Å². The first-order valence-electron chi connectivity index (χ1n) is 6.04. The quantitative estimate of drug-likeness (QED) is 0.633. The smallest absolute Gasteiger partial charge is 0.308 e. The summed E-state index contributed by atoms with van der Waals surface area (Å²) < 4.78 is 4.86. The largest absolute Gasteiger partial charge is 0.481 e. The van der Waals surface area contributed by atoms with Crippen LogP contribution in [-0.4, -0.2) is 35.6 Å². The van der Waals surface area contributed by atoms with E-state index >= 15 is 0 Å². The van der Waals surface area contributed by atoms with Gasteiger partial charge in [-0.2, -0.15) is 0 Å². The number of aliphatic carboxylic acids is 1. The third kappa shape index (κ3) is 7.65. The summed E-state index contributed by atoms with van der Waals surface area (Å²) in [6.45, 7) is 5.58. The molecule has 0 aliphatic carbocycles. The van der Waals surface area contributed by atoms with Crippen molar-refractivity contribution >= 4 is 17.8 Å². The van der Waals surface area contributed by atoms with E-state index in [0.29, 0.717) is 13.0 Å². The fraction of sp³-hybridized carbons (Fsp3) is 0.750. The first-order chi connectivity index (χ1) is 8.36. The van der Waals surface area contributed by atoms with Gasteiger partial charge in [0.25, 0.3) is 0 Å². The Labute approximate surface area is 107 Å².